The molecule has 2 rings (SSSR count). The normalized spacial score (nSPS) is 11.8. The average Bonchev–Trinajstić information content (AvgIpc) is 3.02. The fourth-order valence-corrected chi connectivity index (χ4v) is 2.41. The van der Waals surface area contributed by atoms with E-state index in [0.29, 0.717) is 24.4 Å². The molecule has 0 saturated heterocycles. The van der Waals surface area contributed by atoms with Crippen molar-refractivity contribution in [3.05, 3.63) is 35.7 Å². The van der Waals surface area contributed by atoms with Crippen LogP contribution in [0, 0.1) is 6.92 Å². The number of ether oxygens (including phenoxy) is 1. The van der Waals surface area contributed by atoms with Crippen LogP contribution in [0.25, 0.3) is 0 Å². The molecule has 0 aliphatic rings. The zero-order valence-corrected chi connectivity index (χ0v) is 14.2. The molecule has 0 bridgehead atoms. The maximum atomic E-state index is 12.6. The number of benzene rings is 1. The quantitative estimate of drug-likeness (QED) is 0.643. The molecule has 134 valence electrons. The first-order valence-electron chi connectivity index (χ1n) is 7.88. The lowest BCUT2D eigenvalue weighted by molar-refractivity contribution is -0.137. The van der Waals surface area contributed by atoms with Crippen LogP contribution in [0.3, 0.4) is 0 Å². The van der Waals surface area contributed by atoms with Crippen LogP contribution in [0.5, 0.6) is 5.75 Å². The number of rotatable bonds is 9. The van der Waals surface area contributed by atoms with E-state index in [-0.39, 0.29) is 18.9 Å². The maximum Gasteiger partial charge on any atom is 0.303 e. The van der Waals surface area contributed by atoms with E-state index in [1.165, 1.54) is 4.68 Å². The van der Waals surface area contributed by atoms with E-state index in [1.807, 2.05) is 24.3 Å². The molecule has 0 radical (unpaired) electrons. The molecular formula is C16H21N5O4. The molecule has 0 aliphatic carbocycles. The Labute approximate surface area is 145 Å². The lowest BCUT2D eigenvalue weighted by Gasteiger charge is -2.18. The molecule has 1 aromatic heterocycles. The number of tetrazole rings is 1. The molecule has 0 spiro atoms. The predicted octanol–water partition coefficient (Wildman–Crippen LogP) is 0.755. The summed E-state index contributed by atoms with van der Waals surface area (Å²) < 4.78 is 6.67. The highest BCUT2D eigenvalue weighted by molar-refractivity contribution is 5.80. The zero-order chi connectivity index (χ0) is 18.2. The molecule has 25 heavy (non-hydrogen) atoms. The van der Waals surface area contributed by atoms with Gasteiger partial charge in [0, 0.05) is 19.4 Å². The van der Waals surface area contributed by atoms with Crippen LogP contribution in [-0.2, 0) is 16.0 Å². The van der Waals surface area contributed by atoms with Crippen molar-refractivity contribution in [3.63, 3.8) is 0 Å². The number of carbonyl (C=O) groups excluding carboxylic acids is 1. The third-order valence-electron chi connectivity index (χ3n) is 3.69. The van der Waals surface area contributed by atoms with Gasteiger partial charge in [0.15, 0.2) is 0 Å². The number of aromatic nitrogens is 4. The van der Waals surface area contributed by atoms with Crippen molar-refractivity contribution < 1.29 is 19.4 Å². The van der Waals surface area contributed by atoms with Gasteiger partial charge in [0.2, 0.25) is 5.91 Å². The molecule has 2 aromatic rings. The highest BCUT2D eigenvalue weighted by Gasteiger charge is 2.24. The summed E-state index contributed by atoms with van der Waals surface area (Å²) in [6, 6.07) is 6.79. The van der Waals surface area contributed by atoms with E-state index < -0.39 is 12.0 Å². The van der Waals surface area contributed by atoms with Crippen LogP contribution in [0.15, 0.2) is 24.3 Å². The van der Waals surface area contributed by atoms with Crippen molar-refractivity contribution in [2.75, 3.05) is 13.7 Å². The number of carbonyl (C=O) groups is 2. The Balaban J connectivity index is 2.11. The summed E-state index contributed by atoms with van der Waals surface area (Å²) in [6.07, 6.45) is 0.750. The van der Waals surface area contributed by atoms with Crippen LogP contribution in [0.1, 0.15) is 30.3 Å². The van der Waals surface area contributed by atoms with E-state index in [2.05, 4.69) is 20.8 Å². The van der Waals surface area contributed by atoms with Crippen molar-refractivity contribution in [2.24, 2.45) is 0 Å². The summed E-state index contributed by atoms with van der Waals surface area (Å²) >= 11 is 0. The summed E-state index contributed by atoms with van der Waals surface area (Å²) in [5.41, 5.74) is 0.903. The molecule has 9 nitrogen and oxygen atoms in total. The number of aliphatic carboxylic acids is 1. The van der Waals surface area contributed by atoms with Crippen molar-refractivity contribution in [3.8, 4) is 5.75 Å². The maximum absolute atomic E-state index is 12.6. The standard InChI is InChI=1S/C16H21N5O4/c1-11-18-19-20-21(11)14(16(24)17-8-4-7-15(22)23)10-12-5-3-6-13(9-12)25-2/h3,5-6,9,14H,4,7-8,10H2,1-2H3,(H,17,24)(H,22,23). The molecule has 2 N–H and O–H groups in total. The summed E-state index contributed by atoms with van der Waals surface area (Å²) in [5, 5.41) is 22.8. The van der Waals surface area contributed by atoms with Gasteiger partial charge in [-0.1, -0.05) is 12.1 Å². The fraction of sp³-hybridized carbons (Fsp3) is 0.438. The number of carboxylic acids is 1. The number of methoxy groups -OCH3 is 1. The Kier molecular flexibility index (Phi) is 6.44. The fourth-order valence-electron chi connectivity index (χ4n) is 2.41. The first-order valence-corrected chi connectivity index (χ1v) is 7.88. The molecule has 0 fully saturated rings. The van der Waals surface area contributed by atoms with Crippen LogP contribution < -0.4 is 10.1 Å². The van der Waals surface area contributed by atoms with Crippen molar-refractivity contribution in [1.29, 1.82) is 0 Å². The number of hydrogen-bond donors (Lipinski definition) is 2. The van der Waals surface area contributed by atoms with Crippen molar-refractivity contribution in [1.82, 2.24) is 25.5 Å². The Hall–Kier alpha value is -2.97. The lowest BCUT2D eigenvalue weighted by Crippen LogP contribution is -2.35. The van der Waals surface area contributed by atoms with E-state index in [9.17, 15) is 9.59 Å². The van der Waals surface area contributed by atoms with Gasteiger partial charge in [0.1, 0.15) is 17.6 Å². The van der Waals surface area contributed by atoms with Gasteiger partial charge < -0.3 is 15.2 Å². The van der Waals surface area contributed by atoms with Gasteiger partial charge in [-0.25, -0.2) is 4.68 Å². The largest absolute Gasteiger partial charge is 0.497 e. The molecule has 1 heterocycles. The first-order chi connectivity index (χ1) is 12.0. The third kappa shape index (κ3) is 5.27. The minimum absolute atomic E-state index is 0.00470. The Morgan fingerprint density at radius 1 is 1.40 bits per heavy atom. The van der Waals surface area contributed by atoms with E-state index in [0.717, 1.165) is 5.56 Å². The highest BCUT2D eigenvalue weighted by Crippen LogP contribution is 2.19. The van der Waals surface area contributed by atoms with E-state index in [4.69, 9.17) is 9.84 Å². The second kappa shape index (κ2) is 8.76. The summed E-state index contributed by atoms with van der Waals surface area (Å²) in [4.78, 5) is 23.1. The number of hydrogen-bond acceptors (Lipinski definition) is 6. The van der Waals surface area contributed by atoms with Crippen LogP contribution in [0.2, 0.25) is 0 Å². The molecule has 0 aliphatic heterocycles. The SMILES string of the molecule is COc1cccc(CC(C(=O)NCCCC(=O)O)n2nnnc2C)c1. The van der Waals surface area contributed by atoms with E-state index in [1.54, 1.807) is 14.0 Å². The van der Waals surface area contributed by atoms with Gasteiger partial charge in [-0.3, -0.25) is 9.59 Å². The van der Waals surface area contributed by atoms with Gasteiger partial charge in [0.05, 0.1) is 7.11 Å². The Bertz CT molecular complexity index is 731. The molecule has 1 unspecified atom stereocenters. The average molecular weight is 347 g/mol. The van der Waals surface area contributed by atoms with Gasteiger partial charge in [-0.15, -0.1) is 5.10 Å². The highest BCUT2D eigenvalue weighted by atomic mass is 16.5. The third-order valence-corrected chi connectivity index (χ3v) is 3.69. The monoisotopic (exact) mass is 347 g/mol. The second-order valence-electron chi connectivity index (χ2n) is 5.53. The smallest absolute Gasteiger partial charge is 0.303 e. The van der Waals surface area contributed by atoms with Crippen LogP contribution >= 0.6 is 0 Å². The van der Waals surface area contributed by atoms with Crippen LogP contribution in [0.4, 0.5) is 0 Å². The van der Waals surface area contributed by atoms with Crippen molar-refractivity contribution in [2.45, 2.75) is 32.2 Å². The van der Waals surface area contributed by atoms with E-state index >= 15 is 0 Å². The first kappa shape index (κ1) is 18.4. The predicted molar refractivity (Wildman–Crippen MR) is 88.2 cm³/mol. The number of nitrogens with one attached hydrogen (secondary N) is 1. The van der Waals surface area contributed by atoms with Gasteiger partial charge in [0.25, 0.3) is 0 Å². The number of carboxylic acid groups (broad SMARTS) is 1. The number of aryl methyl sites for hydroxylation is 1. The second-order valence-corrected chi connectivity index (χ2v) is 5.53. The van der Waals surface area contributed by atoms with Gasteiger partial charge in [-0.2, -0.15) is 0 Å². The van der Waals surface area contributed by atoms with Gasteiger partial charge >= 0.3 is 5.97 Å². The summed E-state index contributed by atoms with van der Waals surface area (Å²) in [7, 11) is 1.58. The summed E-state index contributed by atoms with van der Waals surface area (Å²) in [6.45, 7) is 2.00. The number of amides is 1. The molecule has 1 aromatic carbocycles. The van der Waals surface area contributed by atoms with Crippen LogP contribution in [-0.4, -0.2) is 50.8 Å². The van der Waals surface area contributed by atoms with Gasteiger partial charge in [-0.05, 0) is 41.5 Å². The molecule has 0 saturated carbocycles. The Morgan fingerprint density at radius 2 is 2.20 bits per heavy atom. The van der Waals surface area contributed by atoms with Crippen molar-refractivity contribution >= 4 is 11.9 Å². The minimum atomic E-state index is -0.890. The molecule has 1 amide bonds. The lowest BCUT2D eigenvalue weighted by atomic mass is 10.0. The zero-order valence-electron chi connectivity index (χ0n) is 14.2. The molecular weight excluding hydrogens is 326 g/mol. The number of nitrogens with zero attached hydrogens (tertiary/aromatic N) is 4. The topological polar surface area (TPSA) is 119 Å². The minimum Gasteiger partial charge on any atom is -0.497 e. The molecule has 1 atom stereocenters. The Morgan fingerprint density at radius 3 is 2.84 bits per heavy atom. The summed E-state index contributed by atoms with van der Waals surface area (Å²) in [5.74, 6) is 0.0715. The molecule has 9 heteroatoms.